The third-order valence-electron chi connectivity index (χ3n) is 1.87. The minimum absolute atomic E-state index is 0.0196. The molecule has 0 saturated heterocycles. The third kappa shape index (κ3) is 2.72. The summed E-state index contributed by atoms with van der Waals surface area (Å²) in [5.74, 6) is 4.88. The molecule has 0 heterocycles. The van der Waals surface area contributed by atoms with Gasteiger partial charge in [-0.3, -0.25) is 5.01 Å². The van der Waals surface area contributed by atoms with Crippen LogP contribution in [0, 0.1) is 11.3 Å². The quantitative estimate of drug-likeness (QED) is 0.326. The van der Waals surface area contributed by atoms with Crippen LogP contribution in [0.5, 0.6) is 0 Å². The fourth-order valence-electron chi connectivity index (χ4n) is 1.04. The van der Waals surface area contributed by atoms with Crippen LogP contribution in [0.2, 0.25) is 0 Å². The molecule has 0 aliphatic heterocycles. The fourth-order valence-corrected chi connectivity index (χ4v) is 1.04. The highest BCUT2D eigenvalue weighted by Gasteiger charge is 2.06. The lowest BCUT2D eigenvalue weighted by atomic mass is 10.3. The predicted octanol–water partition coefficient (Wildman–Crippen LogP) is 0.233. The summed E-state index contributed by atoms with van der Waals surface area (Å²) < 4.78 is 0. The second-order valence-electron chi connectivity index (χ2n) is 2.93. The van der Waals surface area contributed by atoms with Gasteiger partial charge in [0, 0.05) is 7.05 Å². The summed E-state index contributed by atoms with van der Waals surface area (Å²) in [4.78, 5) is 0. The number of hydrazone groups is 2. The summed E-state index contributed by atoms with van der Waals surface area (Å²) in [5.41, 5.74) is 6.21. The first kappa shape index (κ1) is 11.5. The molecule has 1 aromatic rings. The number of hydrogen-bond acceptors (Lipinski definition) is 5. The molecular formula is C10H12N6. The second kappa shape index (κ2) is 5.36. The van der Waals surface area contributed by atoms with Gasteiger partial charge < -0.3 is 11.6 Å². The van der Waals surface area contributed by atoms with Crippen LogP contribution in [0.25, 0.3) is 0 Å². The van der Waals surface area contributed by atoms with Gasteiger partial charge in [0.15, 0.2) is 5.84 Å². The van der Waals surface area contributed by atoms with E-state index in [1.165, 1.54) is 5.01 Å². The van der Waals surface area contributed by atoms with Crippen LogP contribution >= 0.6 is 0 Å². The molecule has 0 amide bonds. The molecule has 0 unspecified atom stereocenters. The predicted molar refractivity (Wildman–Crippen MR) is 63.7 cm³/mol. The van der Waals surface area contributed by atoms with Gasteiger partial charge in [0.2, 0.25) is 5.71 Å². The van der Waals surface area contributed by atoms with Crippen molar-refractivity contribution in [3.05, 3.63) is 30.3 Å². The summed E-state index contributed by atoms with van der Waals surface area (Å²) in [6, 6.07) is 11.2. The summed E-state index contributed by atoms with van der Waals surface area (Å²) in [7, 11) is 1.70. The van der Waals surface area contributed by atoms with Gasteiger partial charge in [0.05, 0.1) is 5.69 Å². The largest absolute Gasteiger partial charge is 0.380 e. The van der Waals surface area contributed by atoms with E-state index >= 15 is 0 Å². The van der Waals surface area contributed by atoms with Crippen LogP contribution in [0.15, 0.2) is 40.5 Å². The van der Waals surface area contributed by atoms with Crippen LogP contribution in [0.3, 0.4) is 0 Å². The van der Waals surface area contributed by atoms with E-state index in [0.717, 1.165) is 5.69 Å². The number of nitriles is 1. The Morgan fingerprint density at radius 1 is 1.38 bits per heavy atom. The number of benzene rings is 1. The van der Waals surface area contributed by atoms with E-state index in [1.54, 1.807) is 7.05 Å². The molecule has 1 aromatic carbocycles. The van der Waals surface area contributed by atoms with E-state index in [9.17, 15) is 0 Å². The van der Waals surface area contributed by atoms with E-state index in [0.29, 0.717) is 0 Å². The van der Waals surface area contributed by atoms with Crippen LogP contribution < -0.4 is 16.6 Å². The zero-order valence-corrected chi connectivity index (χ0v) is 8.83. The maximum atomic E-state index is 8.80. The minimum atomic E-state index is -0.0923. The van der Waals surface area contributed by atoms with Crippen molar-refractivity contribution in [1.29, 1.82) is 5.26 Å². The molecule has 82 valence electrons. The lowest BCUT2D eigenvalue weighted by Gasteiger charge is -2.12. The summed E-state index contributed by atoms with van der Waals surface area (Å²) in [6.45, 7) is 0. The lowest BCUT2D eigenvalue weighted by Crippen LogP contribution is -2.27. The monoisotopic (exact) mass is 216 g/mol. The highest BCUT2D eigenvalue weighted by atomic mass is 15.4. The number of nitrogens with zero attached hydrogens (tertiary/aromatic N) is 4. The van der Waals surface area contributed by atoms with Gasteiger partial charge in [-0.2, -0.15) is 15.5 Å². The normalized spacial score (nSPS) is 12.0. The van der Waals surface area contributed by atoms with E-state index in [4.69, 9.17) is 16.8 Å². The van der Waals surface area contributed by atoms with E-state index < -0.39 is 0 Å². The van der Waals surface area contributed by atoms with Crippen molar-refractivity contribution in [3.8, 4) is 6.07 Å². The zero-order valence-electron chi connectivity index (χ0n) is 8.83. The Balaban J connectivity index is 2.96. The molecule has 0 bridgehead atoms. The minimum Gasteiger partial charge on any atom is -0.380 e. The average molecular weight is 216 g/mol. The highest BCUT2D eigenvalue weighted by molar-refractivity contribution is 6.46. The molecule has 16 heavy (non-hydrogen) atoms. The number of nitrogens with two attached hydrogens (primary N) is 2. The summed E-state index contributed by atoms with van der Waals surface area (Å²) >= 11 is 0. The number of hydrogen-bond donors (Lipinski definition) is 2. The van der Waals surface area contributed by atoms with Crippen molar-refractivity contribution in [3.63, 3.8) is 0 Å². The van der Waals surface area contributed by atoms with Crippen LogP contribution in [0.4, 0.5) is 5.69 Å². The van der Waals surface area contributed by atoms with Gasteiger partial charge in [-0.25, -0.2) is 0 Å². The number of rotatable bonds is 3. The van der Waals surface area contributed by atoms with E-state index in [-0.39, 0.29) is 11.5 Å². The molecule has 0 fully saturated rings. The lowest BCUT2D eigenvalue weighted by molar-refractivity contribution is 1.02. The third-order valence-corrected chi connectivity index (χ3v) is 1.87. The van der Waals surface area contributed by atoms with Crippen LogP contribution in [0.1, 0.15) is 0 Å². The molecule has 0 radical (unpaired) electrons. The van der Waals surface area contributed by atoms with Crippen molar-refractivity contribution >= 4 is 17.2 Å². The van der Waals surface area contributed by atoms with Crippen molar-refractivity contribution in [1.82, 2.24) is 0 Å². The molecule has 0 aliphatic carbocycles. The van der Waals surface area contributed by atoms with Crippen LogP contribution in [-0.4, -0.2) is 18.6 Å². The molecule has 0 spiro atoms. The second-order valence-corrected chi connectivity index (χ2v) is 2.93. The first-order valence-electron chi connectivity index (χ1n) is 4.50. The van der Waals surface area contributed by atoms with Gasteiger partial charge in [-0.05, 0) is 12.1 Å². The summed E-state index contributed by atoms with van der Waals surface area (Å²) in [6.07, 6.45) is 0. The van der Waals surface area contributed by atoms with Crippen molar-refractivity contribution < 1.29 is 0 Å². The number of para-hydroxylation sites is 1. The molecule has 1 rings (SSSR count). The standard InChI is InChI=1S/C10H12N6/c1-16(8-5-3-2-4-6-8)15-9(7-11)10(12)14-13/h2-6H,13H2,1H3,(H2,12,14)/b15-9+. The molecule has 4 N–H and O–H groups in total. The molecule has 6 nitrogen and oxygen atoms in total. The SMILES string of the molecule is CN(/N=C(C#N)/C(N)=N/N)c1ccccc1. The Kier molecular flexibility index (Phi) is 3.86. The average Bonchev–Trinajstić information content (AvgIpc) is 2.35. The Bertz CT molecular complexity index is 442. The molecule has 6 heteroatoms. The van der Waals surface area contributed by atoms with Gasteiger partial charge in [-0.1, -0.05) is 18.2 Å². The first-order chi connectivity index (χ1) is 7.69. The molecule has 0 saturated carbocycles. The molecule has 0 aliphatic rings. The topological polar surface area (TPSA) is 104 Å². The maximum Gasteiger partial charge on any atom is 0.204 e. The Hall–Kier alpha value is -2.55. The Labute approximate surface area is 93.5 Å². The maximum absolute atomic E-state index is 8.80. The zero-order chi connectivity index (χ0) is 12.0. The van der Waals surface area contributed by atoms with Gasteiger partial charge in [-0.15, -0.1) is 0 Å². The van der Waals surface area contributed by atoms with E-state index in [2.05, 4.69) is 10.2 Å². The van der Waals surface area contributed by atoms with Crippen molar-refractivity contribution in [2.24, 2.45) is 21.8 Å². The number of anilines is 1. The van der Waals surface area contributed by atoms with Crippen LogP contribution in [-0.2, 0) is 0 Å². The highest BCUT2D eigenvalue weighted by Crippen LogP contribution is 2.10. The van der Waals surface area contributed by atoms with Crippen molar-refractivity contribution in [2.45, 2.75) is 0 Å². The molecular weight excluding hydrogens is 204 g/mol. The van der Waals surface area contributed by atoms with Crippen molar-refractivity contribution in [2.75, 3.05) is 12.1 Å². The number of amidine groups is 1. The Morgan fingerprint density at radius 2 is 2.00 bits per heavy atom. The van der Waals surface area contributed by atoms with Gasteiger partial charge in [0.25, 0.3) is 0 Å². The molecule has 0 atom stereocenters. The first-order valence-corrected chi connectivity index (χ1v) is 4.50. The summed E-state index contributed by atoms with van der Waals surface area (Å²) in [5, 5.41) is 17.5. The van der Waals surface area contributed by atoms with Gasteiger partial charge in [0.1, 0.15) is 6.07 Å². The fraction of sp³-hybridized carbons (Fsp3) is 0.100. The molecule has 0 aromatic heterocycles. The Morgan fingerprint density at radius 3 is 2.50 bits per heavy atom. The smallest absolute Gasteiger partial charge is 0.204 e. The van der Waals surface area contributed by atoms with Gasteiger partial charge >= 0.3 is 0 Å². The van der Waals surface area contributed by atoms with E-state index in [1.807, 2.05) is 36.4 Å².